The third-order valence-corrected chi connectivity index (χ3v) is 3.84. The molecule has 1 heterocycles. The lowest BCUT2D eigenvalue weighted by Crippen LogP contribution is -2.17. The minimum absolute atomic E-state index is 0.0160. The molecule has 9 heteroatoms. The Bertz CT molecular complexity index is 1090. The largest absolute Gasteiger partial charge is 0.465 e. The lowest BCUT2D eigenvalue weighted by atomic mass is 10.1. The topological polar surface area (TPSA) is 93.2 Å². The third kappa shape index (κ3) is 4.70. The molecule has 0 spiro atoms. The molecule has 1 amide bonds. The van der Waals surface area contributed by atoms with E-state index in [0.717, 1.165) is 12.1 Å². The maximum Gasteiger partial charge on any atom is 0.339 e. The number of ether oxygens (including phenoxy) is 1. The highest BCUT2D eigenvalue weighted by molar-refractivity contribution is 6.07. The molecule has 0 aliphatic carbocycles. The van der Waals surface area contributed by atoms with Gasteiger partial charge in [-0.1, -0.05) is 12.1 Å². The maximum absolute atomic E-state index is 13.4. The van der Waals surface area contributed by atoms with Crippen LogP contribution in [-0.2, 0) is 4.74 Å². The van der Waals surface area contributed by atoms with E-state index in [-0.39, 0.29) is 28.6 Å². The molecule has 0 aliphatic heterocycles. The monoisotopic (exact) mass is 398 g/mol. The SMILES string of the molecule is COC(=O)c1ccccc1NC(=O)c1cc(C)nc(Nc2ccc(F)c(F)c2)n1. The first kappa shape index (κ1) is 19.9. The zero-order chi connectivity index (χ0) is 21.0. The number of carbonyl (C=O) groups excluding carboxylic acids is 2. The predicted molar refractivity (Wildman–Crippen MR) is 102 cm³/mol. The van der Waals surface area contributed by atoms with Gasteiger partial charge < -0.3 is 15.4 Å². The fraction of sp³-hybridized carbons (Fsp3) is 0.100. The highest BCUT2D eigenvalue weighted by Crippen LogP contribution is 2.19. The Labute approximate surface area is 164 Å². The van der Waals surface area contributed by atoms with Gasteiger partial charge in [-0.15, -0.1) is 0 Å². The number of aromatic nitrogens is 2. The number of anilines is 3. The number of esters is 1. The zero-order valence-electron chi connectivity index (χ0n) is 15.5. The van der Waals surface area contributed by atoms with E-state index in [1.54, 1.807) is 25.1 Å². The summed E-state index contributed by atoms with van der Waals surface area (Å²) < 4.78 is 31.2. The molecule has 0 radical (unpaired) electrons. The number of carbonyl (C=O) groups is 2. The van der Waals surface area contributed by atoms with Crippen molar-refractivity contribution in [1.29, 1.82) is 0 Å². The minimum Gasteiger partial charge on any atom is -0.465 e. The second-order valence-corrected chi connectivity index (χ2v) is 5.96. The Morgan fingerprint density at radius 3 is 2.48 bits per heavy atom. The van der Waals surface area contributed by atoms with Crippen molar-refractivity contribution in [1.82, 2.24) is 9.97 Å². The van der Waals surface area contributed by atoms with Crippen LogP contribution in [0.4, 0.5) is 26.1 Å². The Morgan fingerprint density at radius 2 is 1.76 bits per heavy atom. The molecule has 0 saturated carbocycles. The van der Waals surface area contributed by atoms with E-state index in [2.05, 4.69) is 20.6 Å². The normalized spacial score (nSPS) is 10.3. The average molecular weight is 398 g/mol. The van der Waals surface area contributed by atoms with Gasteiger partial charge in [0.1, 0.15) is 5.69 Å². The lowest BCUT2D eigenvalue weighted by Gasteiger charge is -2.11. The molecule has 0 bridgehead atoms. The number of nitrogens with one attached hydrogen (secondary N) is 2. The summed E-state index contributed by atoms with van der Waals surface area (Å²) in [6.45, 7) is 1.65. The first-order valence-electron chi connectivity index (χ1n) is 8.44. The number of halogens is 2. The summed E-state index contributed by atoms with van der Waals surface area (Å²) in [5.41, 5.74) is 1.15. The number of para-hydroxylation sites is 1. The van der Waals surface area contributed by atoms with E-state index >= 15 is 0 Å². The first-order chi connectivity index (χ1) is 13.9. The van der Waals surface area contributed by atoms with Crippen molar-refractivity contribution in [2.45, 2.75) is 6.92 Å². The van der Waals surface area contributed by atoms with E-state index in [1.807, 2.05) is 0 Å². The molecule has 1 aromatic heterocycles. The molecule has 148 valence electrons. The van der Waals surface area contributed by atoms with Crippen molar-refractivity contribution >= 4 is 29.2 Å². The van der Waals surface area contributed by atoms with Crippen molar-refractivity contribution in [2.24, 2.45) is 0 Å². The third-order valence-electron chi connectivity index (χ3n) is 3.84. The van der Waals surface area contributed by atoms with Crippen LogP contribution in [0.25, 0.3) is 0 Å². The van der Waals surface area contributed by atoms with Crippen LogP contribution in [-0.4, -0.2) is 29.0 Å². The fourth-order valence-corrected chi connectivity index (χ4v) is 2.51. The molecule has 0 saturated heterocycles. The Kier molecular flexibility index (Phi) is 5.77. The summed E-state index contributed by atoms with van der Waals surface area (Å²) in [6, 6.07) is 11.0. The highest BCUT2D eigenvalue weighted by atomic mass is 19.2. The van der Waals surface area contributed by atoms with Gasteiger partial charge in [0.15, 0.2) is 11.6 Å². The van der Waals surface area contributed by atoms with E-state index in [4.69, 9.17) is 4.74 Å². The molecule has 3 rings (SSSR count). The molecule has 0 unspecified atom stereocenters. The van der Waals surface area contributed by atoms with Crippen LogP contribution in [0.15, 0.2) is 48.5 Å². The van der Waals surface area contributed by atoms with E-state index in [0.29, 0.717) is 5.69 Å². The quantitative estimate of drug-likeness (QED) is 0.635. The van der Waals surface area contributed by atoms with Crippen LogP contribution < -0.4 is 10.6 Å². The Balaban J connectivity index is 1.85. The van der Waals surface area contributed by atoms with Crippen LogP contribution in [0.5, 0.6) is 0 Å². The van der Waals surface area contributed by atoms with Crippen LogP contribution >= 0.6 is 0 Å². The second kappa shape index (κ2) is 8.42. The molecule has 7 nitrogen and oxygen atoms in total. The summed E-state index contributed by atoms with van der Waals surface area (Å²) in [5.74, 6) is -3.16. The molecule has 3 aromatic rings. The summed E-state index contributed by atoms with van der Waals surface area (Å²) in [4.78, 5) is 32.7. The van der Waals surface area contributed by atoms with Crippen LogP contribution in [0.2, 0.25) is 0 Å². The highest BCUT2D eigenvalue weighted by Gasteiger charge is 2.16. The standard InChI is InChI=1S/C20H16F2N4O3/c1-11-9-17(18(27)25-16-6-4-3-5-13(16)19(28)29-2)26-20(23-11)24-12-7-8-14(21)15(22)10-12/h3-10H,1-2H3,(H,25,27)(H,23,24,26). The van der Waals surface area contributed by atoms with E-state index in [9.17, 15) is 18.4 Å². The number of hydrogen-bond donors (Lipinski definition) is 2. The van der Waals surface area contributed by atoms with Crippen molar-refractivity contribution < 1.29 is 23.1 Å². The summed E-state index contributed by atoms with van der Waals surface area (Å²) in [6.07, 6.45) is 0. The van der Waals surface area contributed by atoms with Gasteiger partial charge in [0.25, 0.3) is 5.91 Å². The van der Waals surface area contributed by atoms with Crippen molar-refractivity contribution in [3.05, 3.63) is 77.1 Å². The van der Waals surface area contributed by atoms with Gasteiger partial charge in [-0.05, 0) is 37.3 Å². The van der Waals surface area contributed by atoms with Crippen LogP contribution in [0, 0.1) is 18.6 Å². The summed E-state index contributed by atoms with van der Waals surface area (Å²) in [7, 11) is 1.24. The number of methoxy groups -OCH3 is 1. The smallest absolute Gasteiger partial charge is 0.339 e. The van der Waals surface area contributed by atoms with Gasteiger partial charge in [0, 0.05) is 17.4 Å². The van der Waals surface area contributed by atoms with Gasteiger partial charge in [0.05, 0.1) is 18.4 Å². The summed E-state index contributed by atoms with van der Waals surface area (Å²) >= 11 is 0. The number of hydrogen-bond acceptors (Lipinski definition) is 6. The molecule has 0 aliphatic rings. The minimum atomic E-state index is -1.03. The number of rotatable bonds is 5. The molecule has 2 aromatic carbocycles. The second-order valence-electron chi connectivity index (χ2n) is 5.96. The van der Waals surface area contributed by atoms with Crippen molar-refractivity contribution in [2.75, 3.05) is 17.7 Å². The number of amides is 1. The van der Waals surface area contributed by atoms with Gasteiger partial charge in [-0.3, -0.25) is 4.79 Å². The lowest BCUT2D eigenvalue weighted by molar-refractivity contribution is 0.0602. The molecular formula is C20H16F2N4O3. The van der Waals surface area contributed by atoms with Gasteiger partial charge in [0.2, 0.25) is 5.95 Å². The molecule has 0 atom stereocenters. The zero-order valence-corrected chi connectivity index (χ0v) is 15.5. The molecule has 0 fully saturated rings. The van der Waals surface area contributed by atoms with E-state index in [1.165, 1.54) is 25.3 Å². The van der Waals surface area contributed by atoms with Gasteiger partial charge >= 0.3 is 5.97 Å². The van der Waals surface area contributed by atoms with Crippen molar-refractivity contribution in [3.63, 3.8) is 0 Å². The Hall–Kier alpha value is -3.88. The van der Waals surface area contributed by atoms with Crippen LogP contribution in [0.3, 0.4) is 0 Å². The number of benzene rings is 2. The summed E-state index contributed by atoms with van der Waals surface area (Å²) in [5, 5.41) is 5.34. The average Bonchev–Trinajstić information content (AvgIpc) is 2.70. The maximum atomic E-state index is 13.4. The molecular weight excluding hydrogens is 382 g/mol. The van der Waals surface area contributed by atoms with Crippen LogP contribution in [0.1, 0.15) is 26.5 Å². The predicted octanol–water partition coefficient (Wildman–Crippen LogP) is 3.85. The number of nitrogens with zero attached hydrogens (tertiary/aromatic N) is 2. The first-order valence-corrected chi connectivity index (χ1v) is 8.44. The van der Waals surface area contributed by atoms with Gasteiger partial charge in [-0.25, -0.2) is 23.5 Å². The van der Waals surface area contributed by atoms with Crippen molar-refractivity contribution in [3.8, 4) is 0 Å². The van der Waals surface area contributed by atoms with E-state index < -0.39 is 23.5 Å². The fourth-order valence-electron chi connectivity index (χ4n) is 2.51. The number of aryl methyl sites for hydroxylation is 1. The molecule has 29 heavy (non-hydrogen) atoms. The van der Waals surface area contributed by atoms with Gasteiger partial charge in [-0.2, -0.15) is 0 Å². The Morgan fingerprint density at radius 1 is 1.00 bits per heavy atom. The molecule has 2 N–H and O–H groups in total.